The number of nitrogens with one attached hydrogen (secondary N) is 1. The molecule has 0 spiro atoms. The molecule has 16 heavy (non-hydrogen) atoms. The van der Waals surface area contributed by atoms with Gasteiger partial charge < -0.3 is 11.1 Å². The molecule has 0 aliphatic heterocycles. The van der Waals surface area contributed by atoms with E-state index in [1.807, 2.05) is 6.07 Å². The van der Waals surface area contributed by atoms with Crippen LogP contribution in [0.3, 0.4) is 0 Å². The molecule has 1 aromatic heterocycles. The topological polar surface area (TPSA) is 50.4 Å². The van der Waals surface area contributed by atoms with Gasteiger partial charge >= 0.3 is 0 Å². The van der Waals surface area contributed by atoms with Gasteiger partial charge in [0, 0.05) is 11.4 Å². The zero-order valence-electron chi connectivity index (χ0n) is 9.19. The van der Waals surface area contributed by atoms with Crippen LogP contribution < -0.4 is 11.1 Å². The van der Waals surface area contributed by atoms with Crippen LogP contribution in [0, 0.1) is 5.92 Å². The Kier molecular flexibility index (Phi) is 6.12. The molecule has 3 N–H and O–H groups in total. The highest BCUT2D eigenvalue weighted by Crippen LogP contribution is 2.24. The Morgan fingerprint density at radius 2 is 2.38 bits per heavy atom. The van der Waals surface area contributed by atoms with Crippen molar-refractivity contribution >= 4 is 41.3 Å². The third-order valence-electron chi connectivity index (χ3n) is 2.78. The average molecular weight is 351 g/mol. The second-order valence-electron chi connectivity index (χ2n) is 3.96. The first-order valence-electron chi connectivity index (χ1n) is 5.41. The summed E-state index contributed by atoms with van der Waals surface area (Å²) < 4.78 is 0. The molecular formula is C11H18IN3S. The van der Waals surface area contributed by atoms with Crippen LogP contribution in [0.4, 0.5) is 0 Å². The van der Waals surface area contributed by atoms with Crippen LogP contribution in [0.1, 0.15) is 24.1 Å². The van der Waals surface area contributed by atoms with E-state index >= 15 is 0 Å². The molecule has 0 amide bonds. The third kappa shape index (κ3) is 4.29. The quantitative estimate of drug-likeness (QED) is 0.498. The summed E-state index contributed by atoms with van der Waals surface area (Å²) in [7, 11) is 0. The summed E-state index contributed by atoms with van der Waals surface area (Å²) in [5, 5.41) is 5.24. The minimum atomic E-state index is 0. The van der Waals surface area contributed by atoms with E-state index in [1.165, 1.54) is 24.1 Å². The highest BCUT2D eigenvalue weighted by molar-refractivity contribution is 14.0. The number of rotatable bonds is 4. The molecule has 0 radical (unpaired) electrons. The zero-order chi connectivity index (χ0) is 10.5. The zero-order valence-corrected chi connectivity index (χ0v) is 12.3. The van der Waals surface area contributed by atoms with Crippen LogP contribution in [0.2, 0.25) is 0 Å². The van der Waals surface area contributed by atoms with Gasteiger partial charge in [-0.05, 0) is 30.2 Å². The number of thiophene rings is 1. The highest BCUT2D eigenvalue weighted by Gasteiger charge is 2.16. The molecule has 0 unspecified atom stereocenters. The van der Waals surface area contributed by atoms with E-state index in [-0.39, 0.29) is 24.0 Å². The van der Waals surface area contributed by atoms with Crippen molar-refractivity contribution < 1.29 is 0 Å². The lowest BCUT2D eigenvalue weighted by Gasteiger charge is -2.25. The number of guanidine groups is 1. The summed E-state index contributed by atoms with van der Waals surface area (Å²) in [6, 6.07) is 4.11. The van der Waals surface area contributed by atoms with E-state index in [2.05, 4.69) is 21.8 Å². The normalized spacial score (nSPS) is 16.4. The molecule has 0 aromatic carbocycles. The van der Waals surface area contributed by atoms with Crippen molar-refractivity contribution in [3.05, 3.63) is 22.4 Å². The van der Waals surface area contributed by atoms with E-state index in [1.54, 1.807) is 11.3 Å². The molecule has 1 aromatic rings. The molecule has 2 rings (SSSR count). The largest absolute Gasteiger partial charge is 0.370 e. The van der Waals surface area contributed by atoms with Gasteiger partial charge in [0.1, 0.15) is 0 Å². The van der Waals surface area contributed by atoms with Gasteiger partial charge in [0.15, 0.2) is 5.96 Å². The van der Waals surface area contributed by atoms with Gasteiger partial charge in [-0.3, -0.25) is 0 Å². The molecule has 1 heterocycles. The van der Waals surface area contributed by atoms with Gasteiger partial charge in [0.25, 0.3) is 0 Å². The number of nitrogens with two attached hydrogens (primary N) is 1. The Morgan fingerprint density at radius 3 is 2.94 bits per heavy atom. The minimum absolute atomic E-state index is 0. The van der Waals surface area contributed by atoms with E-state index in [0.717, 1.165) is 12.5 Å². The maximum atomic E-state index is 5.76. The van der Waals surface area contributed by atoms with Gasteiger partial charge in [-0.25, -0.2) is 4.99 Å². The number of nitrogens with zero attached hydrogens (tertiary/aromatic N) is 1. The van der Waals surface area contributed by atoms with E-state index in [4.69, 9.17) is 5.73 Å². The van der Waals surface area contributed by atoms with Crippen LogP contribution in [0.15, 0.2) is 22.5 Å². The average Bonchev–Trinajstić information content (AvgIpc) is 2.64. The van der Waals surface area contributed by atoms with Gasteiger partial charge in [-0.1, -0.05) is 12.5 Å². The molecule has 90 valence electrons. The summed E-state index contributed by atoms with van der Waals surface area (Å²) in [6.07, 6.45) is 4.05. The van der Waals surface area contributed by atoms with Crippen molar-refractivity contribution in [2.24, 2.45) is 16.6 Å². The molecule has 1 aliphatic rings. The Morgan fingerprint density at radius 1 is 1.56 bits per heavy atom. The maximum Gasteiger partial charge on any atom is 0.188 e. The highest BCUT2D eigenvalue weighted by atomic mass is 127. The van der Waals surface area contributed by atoms with Crippen LogP contribution in [-0.4, -0.2) is 12.5 Å². The van der Waals surface area contributed by atoms with Crippen LogP contribution in [0.5, 0.6) is 0 Å². The standard InChI is InChI=1S/C11H17N3S.HI/c12-11(13-7-9-3-1-4-9)14-8-10-5-2-6-15-10;/h2,5-6,9H,1,3-4,7-8H2,(H3,12,13,14);1H. The molecule has 5 heteroatoms. The fourth-order valence-electron chi connectivity index (χ4n) is 1.57. The van der Waals surface area contributed by atoms with Gasteiger partial charge in [-0.15, -0.1) is 35.3 Å². The van der Waals surface area contributed by atoms with E-state index < -0.39 is 0 Å². The smallest absolute Gasteiger partial charge is 0.188 e. The Balaban J connectivity index is 0.00000128. The van der Waals surface area contributed by atoms with Crippen LogP contribution in [-0.2, 0) is 6.54 Å². The molecular weight excluding hydrogens is 333 g/mol. The summed E-state index contributed by atoms with van der Waals surface area (Å²) in [5.41, 5.74) is 5.76. The second kappa shape index (κ2) is 7.11. The predicted molar refractivity (Wildman–Crippen MR) is 80.4 cm³/mol. The van der Waals surface area contributed by atoms with Crippen molar-refractivity contribution in [3.63, 3.8) is 0 Å². The summed E-state index contributed by atoms with van der Waals surface area (Å²) in [6.45, 7) is 1.68. The van der Waals surface area contributed by atoms with E-state index in [9.17, 15) is 0 Å². The number of aliphatic imine (C=N–C) groups is 1. The Bertz CT molecular complexity index is 320. The predicted octanol–water partition coefficient (Wildman–Crippen LogP) is 2.57. The molecule has 0 bridgehead atoms. The fraction of sp³-hybridized carbons (Fsp3) is 0.545. The van der Waals surface area contributed by atoms with Crippen molar-refractivity contribution in [1.82, 2.24) is 5.32 Å². The minimum Gasteiger partial charge on any atom is -0.370 e. The van der Waals surface area contributed by atoms with Crippen molar-refractivity contribution in [1.29, 1.82) is 0 Å². The lowest BCUT2D eigenvalue weighted by molar-refractivity contribution is 0.315. The first kappa shape index (κ1) is 13.8. The Labute approximate surface area is 118 Å². The summed E-state index contributed by atoms with van der Waals surface area (Å²) in [4.78, 5) is 5.54. The number of halogens is 1. The summed E-state index contributed by atoms with van der Waals surface area (Å²) >= 11 is 1.71. The van der Waals surface area contributed by atoms with Crippen molar-refractivity contribution in [3.8, 4) is 0 Å². The lowest BCUT2D eigenvalue weighted by Crippen LogP contribution is -2.37. The van der Waals surface area contributed by atoms with Crippen molar-refractivity contribution in [2.45, 2.75) is 25.8 Å². The molecule has 3 nitrogen and oxygen atoms in total. The molecule has 0 saturated heterocycles. The van der Waals surface area contributed by atoms with Gasteiger partial charge in [-0.2, -0.15) is 0 Å². The lowest BCUT2D eigenvalue weighted by atomic mass is 9.85. The number of hydrogen-bond donors (Lipinski definition) is 2. The van der Waals surface area contributed by atoms with Crippen LogP contribution >= 0.6 is 35.3 Å². The molecule has 1 aliphatic carbocycles. The first-order chi connectivity index (χ1) is 7.34. The molecule has 1 fully saturated rings. The summed E-state index contributed by atoms with van der Waals surface area (Å²) in [5.74, 6) is 1.40. The number of hydrogen-bond acceptors (Lipinski definition) is 2. The van der Waals surface area contributed by atoms with Crippen LogP contribution in [0.25, 0.3) is 0 Å². The second-order valence-corrected chi connectivity index (χ2v) is 4.99. The van der Waals surface area contributed by atoms with Crippen molar-refractivity contribution in [2.75, 3.05) is 6.54 Å². The fourth-order valence-corrected chi connectivity index (χ4v) is 2.20. The molecule has 1 saturated carbocycles. The molecule has 0 atom stereocenters. The van der Waals surface area contributed by atoms with E-state index in [0.29, 0.717) is 12.5 Å². The first-order valence-corrected chi connectivity index (χ1v) is 6.29. The third-order valence-corrected chi connectivity index (χ3v) is 3.64. The van der Waals surface area contributed by atoms with Gasteiger partial charge in [0.05, 0.1) is 6.54 Å². The maximum absolute atomic E-state index is 5.76. The Hall–Kier alpha value is -0.300. The monoisotopic (exact) mass is 351 g/mol. The SMILES string of the molecule is I.NC(=NCc1cccs1)NCC1CCC1. The van der Waals surface area contributed by atoms with Gasteiger partial charge in [0.2, 0.25) is 0 Å².